The van der Waals surface area contributed by atoms with E-state index in [4.69, 9.17) is 14.2 Å². The van der Waals surface area contributed by atoms with Crippen molar-refractivity contribution in [3.63, 3.8) is 0 Å². The molecular formula is C22H24N2O4. The van der Waals surface area contributed by atoms with Gasteiger partial charge in [0, 0.05) is 35.5 Å². The molecule has 2 aliphatic heterocycles. The van der Waals surface area contributed by atoms with Gasteiger partial charge in [-0.3, -0.25) is 4.79 Å². The topological polar surface area (TPSA) is 60.9 Å². The number of fused-ring (bicyclic) bond motifs is 3. The van der Waals surface area contributed by atoms with E-state index in [1.54, 1.807) is 11.1 Å². The maximum Gasteiger partial charge on any atom is 0.259 e. The number of hydrogen-bond acceptors (Lipinski definition) is 5. The van der Waals surface area contributed by atoms with Crippen molar-refractivity contribution >= 4 is 11.6 Å². The Kier molecular flexibility index (Phi) is 3.63. The summed E-state index contributed by atoms with van der Waals surface area (Å²) < 4.78 is 16.9. The van der Waals surface area contributed by atoms with E-state index in [9.17, 15) is 4.79 Å². The van der Waals surface area contributed by atoms with Crippen LogP contribution in [0.15, 0.2) is 30.5 Å². The molecule has 28 heavy (non-hydrogen) atoms. The highest BCUT2D eigenvalue weighted by Crippen LogP contribution is 2.58. The van der Waals surface area contributed by atoms with E-state index in [1.165, 1.54) is 0 Å². The molecule has 1 saturated carbocycles. The zero-order chi connectivity index (χ0) is 19.5. The van der Waals surface area contributed by atoms with Crippen LogP contribution in [0.2, 0.25) is 0 Å². The van der Waals surface area contributed by atoms with Crippen LogP contribution < -0.4 is 19.1 Å². The summed E-state index contributed by atoms with van der Waals surface area (Å²) >= 11 is 0. The summed E-state index contributed by atoms with van der Waals surface area (Å²) in [6.45, 7) is 6.93. The van der Waals surface area contributed by atoms with Gasteiger partial charge in [-0.05, 0) is 58.2 Å². The molecule has 3 heterocycles. The minimum Gasteiger partial charge on any atom is -0.471 e. The number of carbonyl (C=O) groups is 1. The number of hydrogen-bond donors (Lipinski definition) is 0. The third-order valence-electron chi connectivity index (χ3n) is 5.89. The van der Waals surface area contributed by atoms with Crippen LogP contribution in [-0.4, -0.2) is 29.8 Å². The molecule has 0 saturated heterocycles. The lowest BCUT2D eigenvalue weighted by molar-refractivity contribution is 0.0609. The van der Waals surface area contributed by atoms with Crippen LogP contribution in [0.3, 0.4) is 0 Å². The third kappa shape index (κ3) is 2.70. The van der Waals surface area contributed by atoms with E-state index in [2.05, 4.69) is 18.8 Å². The van der Waals surface area contributed by atoms with E-state index in [1.807, 2.05) is 31.2 Å². The Morgan fingerprint density at radius 3 is 2.71 bits per heavy atom. The number of nitrogens with zero attached hydrogens (tertiary/aromatic N) is 2. The quantitative estimate of drug-likeness (QED) is 0.803. The fraction of sp³-hybridized carbons (Fsp3) is 0.455. The van der Waals surface area contributed by atoms with Gasteiger partial charge in [0.1, 0.15) is 5.60 Å². The molecule has 0 radical (unpaired) electrons. The van der Waals surface area contributed by atoms with E-state index in [0.717, 1.165) is 30.5 Å². The van der Waals surface area contributed by atoms with Crippen molar-refractivity contribution in [1.82, 2.24) is 4.98 Å². The van der Waals surface area contributed by atoms with Crippen LogP contribution in [0.25, 0.3) is 0 Å². The monoisotopic (exact) mass is 380 g/mol. The Bertz CT molecular complexity index is 965. The highest BCUT2D eigenvalue weighted by atomic mass is 16.7. The molecular weight excluding hydrogens is 356 g/mol. The molecule has 1 aromatic carbocycles. The largest absolute Gasteiger partial charge is 0.471 e. The van der Waals surface area contributed by atoms with Gasteiger partial charge in [-0.15, -0.1) is 0 Å². The van der Waals surface area contributed by atoms with Crippen LogP contribution in [0.4, 0.5) is 5.69 Å². The van der Waals surface area contributed by atoms with Gasteiger partial charge in [-0.2, -0.15) is 0 Å². The molecule has 0 atom stereocenters. The Labute approximate surface area is 164 Å². The van der Waals surface area contributed by atoms with Crippen molar-refractivity contribution in [2.45, 2.75) is 51.0 Å². The summed E-state index contributed by atoms with van der Waals surface area (Å²) in [5.74, 6) is 1.98. The first-order chi connectivity index (χ1) is 13.4. The molecule has 1 amide bonds. The van der Waals surface area contributed by atoms with Crippen LogP contribution in [0.5, 0.6) is 17.4 Å². The van der Waals surface area contributed by atoms with Crippen molar-refractivity contribution in [1.29, 1.82) is 0 Å². The van der Waals surface area contributed by atoms with Gasteiger partial charge >= 0.3 is 0 Å². The summed E-state index contributed by atoms with van der Waals surface area (Å²) in [6, 6.07) is 7.56. The molecule has 6 nitrogen and oxygen atoms in total. The molecule has 0 N–H and O–H groups in total. The molecule has 1 aliphatic carbocycles. The molecule has 1 aromatic heterocycles. The molecule has 0 bridgehead atoms. The van der Waals surface area contributed by atoms with Crippen molar-refractivity contribution in [3.05, 3.63) is 41.6 Å². The summed E-state index contributed by atoms with van der Waals surface area (Å²) in [5.41, 5.74) is 2.36. The molecule has 6 heteroatoms. The summed E-state index contributed by atoms with van der Waals surface area (Å²) in [6.07, 6.45) is 4.86. The normalized spacial score (nSPS) is 19.7. The van der Waals surface area contributed by atoms with Gasteiger partial charge < -0.3 is 19.1 Å². The number of rotatable bonds is 3. The van der Waals surface area contributed by atoms with Gasteiger partial charge in [0.25, 0.3) is 5.91 Å². The van der Waals surface area contributed by atoms with E-state index < -0.39 is 0 Å². The smallest absolute Gasteiger partial charge is 0.259 e. The Morgan fingerprint density at radius 1 is 1.18 bits per heavy atom. The predicted octanol–water partition coefficient (Wildman–Crippen LogP) is 4.07. The molecule has 5 rings (SSSR count). The maximum atomic E-state index is 13.3. The van der Waals surface area contributed by atoms with E-state index in [-0.39, 0.29) is 23.7 Å². The number of anilines is 1. The highest BCUT2D eigenvalue weighted by molar-refractivity contribution is 6.06. The molecule has 2 aromatic rings. The Balaban J connectivity index is 1.48. The fourth-order valence-electron chi connectivity index (χ4n) is 4.49. The third-order valence-corrected chi connectivity index (χ3v) is 5.89. The van der Waals surface area contributed by atoms with Gasteiger partial charge in [0.05, 0.1) is 5.56 Å². The second kappa shape index (κ2) is 5.87. The first kappa shape index (κ1) is 17.3. The highest BCUT2D eigenvalue weighted by Gasteiger charge is 2.53. The lowest BCUT2D eigenvalue weighted by Crippen LogP contribution is -2.39. The molecule has 146 valence electrons. The van der Waals surface area contributed by atoms with Crippen LogP contribution in [0, 0.1) is 0 Å². The molecule has 3 aliphatic rings. The van der Waals surface area contributed by atoms with Gasteiger partial charge in [-0.25, -0.2) is 4.98 Å². The average Bonchev–Trinajstić information content (AvgIpc) is 3.25. The minimum absolute atomic E-state index is 0.0719. The second-order valence-electron chi connectivity index (χ2n) is 8.48. The SMILES string of the molecule is CCN(C(=O)c1cnc2c(c1)C1(CC1)CC(C)(C)O2)c1ccc2c(c1)OCO2. The van der Waals surface area contributed by atoms with Crippen molar-refractivity contribution in [2.24, 2.45) is 0 Å². The van der Waals surface area contributed by atoms with Crippen LogP contribution in [0.1, 0.15) is 56.0 Å². The van der Waals surface area contributed by atoms with Gasteiger partial charge in [0.2, 0.25) is 12.7 Å². The Morgan fingerprint density at radius 2 is 1.96 bits per heavy atom. The summed E-state index contributed by atoms with van der Waals surface area (Å²) in [7, 11) is 0. The zero-order valence-corrected chi connectivity index (χ0v) is 16.4. The number of carbonyl (C=O) groups excluding carboxylic acids is 1. The van der Waals surface area contributed by atoms with Gasteiger partial charge in [0.15, 0.2) is 11.5 Å². The zero-order valence-electron chi connectivity index (χ0n) is 16.4. The lowest BCUT2D eigenvalue weighted by atomic mass is 9.82. The number of ether oxygens (including phenoxy) is 3. The van der Waals surface area contributed by atoms with Crippen molar-refractivity contribution in [2.75, 3.05) is 18.2 Å². The average molecular weight is 380 g/mol. The predicted molar refractivity (Wildman–Crippen MR) is 104 cm³/mol. The number of benzene rings is 1. The van der Waals surface area contributed by atoms with Gasteiger partial charge in [-0.1, -0.05) is 0 Å². The fourth-order valence-corrected chi connectivity index (χ4v) is 4.49. The first-order valence-electron chi connectivity index (χ1n) is 9.82. The Hall–Kier alpha value is -2.76. The van der Waals surface area contributed by atoms with E-state index in [0.29, 0.717) is 29.5 Å². The van der Waals surface area contributed by atoms with Crippen molar-refractivity contribution < 1.29 is 19.0 Å². The number of aromatic nitrogens is 1. The maximum absolute atomic E-state index is 13.3. The first-order valence-corrected chi connectivity index (χ1v) is 9.82. The number of amides is 1. The molecule has 0 unspecified atom stereocenters. The summed E-state index contributed by atoms with van der Waals surface area (Å²) in [4.78, 5) is 19.6. The number of pyridine rings is 1. The second-order valence-corrected chi connectivity index (χ2v) is 8.48. The molecule has 1 fully saturated rings. The summed E-state index contributed by atoms with van der Waals surface area (Å²) in [5, 5.41) is 0. The van der Waals surface area contributed by atoms with Crippen molar-refractivity contribution in [3.8, 4) is 17.4 Å². The van der Waals surface area contributed by atoms with Crippen LogP contribution in [-0.2, 0) is 5.41 Å². The van der Waals surface area contributed by atoms with Crippen LogP contribution >= 0.6 is 0 Å². The standard InChI is InChI=1S/C22H24N2O4/c1-4-24(15-5-6-17-18(10-15)27-13-26-17)20(25)14-9-16-19(23-11-14)28-21(2,3)12-22(16)7-8-22/h5-6,9-11H,4,7-8,12-13H2,1-3H3. The minimum atomic E-state index is -0.218. The van der Waals surface area contributed by atoms with E-state index >= 15 is 0 Å². The lowest BCUT2D eigenvalue weighted by Gasteiger charge is -2.37. The molecule has 1 spiro atoms.